The van der Waals surface area contributed by atoms with Crippen LogP contribution in [0.3, 0.4) is 0 Å². The van der Waals surface area contributed by atoms with Crippen LogP contribution in [-0.2, 0) is 0 Å². The lowest BCUT2D eigenvalue weighted by atomic mass is 9.71. The van der Waals surface area contributed by atoms with E-state index in [1.807, 2.05) is 72.0 Å². The Kier molecular flexibility index (Phi) is 8.50. The number of fused-ring (bicyclic) bond motifs is 9. The minimum Gasteiger partial charge on any atom is -0.208 e. The highest BCUT2D eigenvalue weighted by atomic mass is 32.1. The molecule has 286 valence electrons. The quantitative estimate of drug-likeness (QED) is 0.168. The lowest BCUT2D eigenvalue weighted by Gasteiger charge is -2.32. The molecule has 0 N–H and O–H groups in total. The molecule has 1 unspecified atom stereocenters. The molecule has 0 bridgehead atoms. The maximum Gasteiger partial charge on any atom is 0.164 e. The van der Waals surface area contributed by atoms with E-state index >= 15 is 0 Å². The third kappa shape index (κ3) is 6.32. The lowest BCUT2D eigenvalue weighted by molar-refractivity contribution is 0.871. The van der Waals surface area contributed by atoms with Gasteiger partial charge in [0.2, 0.25) is 0 Å². The molecule has 8 aromatic carbocycles. The van der Waals surface area contributed by atoms with E-state index in [2.05, 4.69) is 146 Å². The van der Waals surface area contributed by atoms with Gasteiger partial charge in [0.15, 0.2) is 17.5 Å². The van der Waals surface area contributed by atoms with Crippen molar-refractivity contribution in [2.45, 2.75) is 12.3 Å². The van der Waals surface area contributed by atoms with Crippen LogP contribution in [0.5, 0.6) is 0 Å². The van der Waals surface area contributed by atoms with Gasteiger partial charge in [0.25, 0.3) is 0 Å². The highest BCUT2D eigenvalue weighted by Gasteiger charge is 2.30. The standard InChI is InChI=1S/C57H37N3S/c1-3-13-36(14-4-1)55-58-56(37-15-5-2-6-16-37)60-57(59-55)44-26-29-50-52-34-43(27-30-53(52)61-54(50)35-44)41-20-12-18-39(32-41)38-17-11-19-40(31-38)42-25-28-49-47-23-8-7-21-45(47)46-22-9-10-24-48(46)51(49)33-42/h1-27,29-35,49H,28H2. The molecule has 2 aliphatic carbocycles. The summed E-state index contributed by atoms with van der Waals surface area (Å²) in [7, 11) is 0. The largest absolute Gasteiger partial charge is 0.208 e. The van der Waals surface area contributed by atoms with Crippen molar-refractivity contribution < 1.29 is 0 Å². The van der Waals surface area contributed by atoms with E-state index < -0.39 is 0 Å². The summed E-state index contributed by atoms with van der Waals surface area (Å²) in [4.78, 5) is 14.9. The molecule has 61 heavy (non-hydrogen) atoms. The van der Waals surface area contributed by atoms with Gasteiger partial charge in [-0.05, 0) is 98.0 Å². The van der Waals surface area contributed by atoms with Crippen molar-refractivity contribution in [2.75, 3.05) is 0 Å². The van der Waals surface area contributed by atoms with Crippen molar-refractivity contribution in [1.82, 2.24) is 15.0 Å². The number of hydrogen-bond acceptors (Lipinski definition) is 4. The van der Waals surface area contributed by atoms with Gasteiger partial charge in [0.05, 0.1) is 0 Å². The Bertz CT molecular complexity index is 3340. The smallest absolute Gasteiger partial charge is 0.164 e. The van der Waals surface area contributed by atoms with Crippen LogP contribution in [0, 0.1) is 0 Å². The first-order valence-corrected chi connectivity index (χ1v) is 21.7. The molecule has 0 saturated heterocycles. The second-order valence-corrected chi connectivity index (χ2v) is 17.0. The maximum absolute atomic E-state index is 4.99. The zero-order chi connectivity index (χ0) is 40.3. The van der Waals surface area contributed by atoms with Crippen LogP contribution in [0.15, 0.2) is 206 Å². The van der Waals surface area contributed by atoms with Gasteiger partial charge >= 0.3 is 0 Å². The number of nitrogens with zero attached hydrogens (tertiary/aromatic N) is 3. The first-order chi connectivity index (χ1) is 30.2. The summed E-state index contributed by atoms with van der Waals surface area (Å²) in [5.41, 5.74) is 17.2. The third-order valence-corrected chi connectivity index (χ3v) is 13.4. The van der Waals surface area contributed by atoms with Crippen LogP contribution in [0.25, 0.3) is 98.9 Å². The Balaban J connectivity index is 0.864. The summed E-state index contributed by atoms with van der Waals surface area (Å²) in [6, 6.07) is 69.6. The molecular formula is C57H37N3S. The molecule has 1 atom stereocenters. The molecule has 2 aromatic heterocycles. The summed E-state index contributed by atoms with van der Waals surface area (Å²) in [5, 5.41) is 2.49. The molecule has 3 nitrogen and oxygen atoms in total. The van der Waals surface area contributed by atoms with Crippen molar-refractivity contribution in [2.24, 2.45) is 0 Å². The predicted molar refractivity (Wildman–Crippen MR) is 255 cm³/mol. The van der Waals surface area contributed by atoms with Crippen molar-refractivity contribution in [1.29, 1.82) is 0 Å². The van der Waals surface area contributed by atoms with Crippen LogP contribution in [0.2, 0.25) is 0 Å². The molecule has 0 spiro atoms. The highest BCUT2D eigenvalue weighted by molar-refractivity contribution is 7.25. The van der Waals surface area contributed by atoms with E-state index in [4.69, 9.17) is 15.0 Å². The fourth-order valence-electron chi connectivity index (χ4n) is 9.27. The summed E-state index contributed by atoms with van der Waals surface area (Å²) >= 11 is 1.81. The van der Waals surface area contributed by atoms with Gasteiger partial charge in [0.1, 0.15) is 0 Å². The molecule has 0 aliphatic heterocycles. The number of thiophene rings is 1. The molecule has 2 aliphatic rings. The van der Waals surface area contributed by atoms with Gasteiger partial charge in [-0.2, -0.15) is 0 Å². The van der Waals surface area contributed by atoms with E-state index in [1.54, 1.807) is 0 Å². The zero-order valence-electron chi connectivity index (χ0n) is 33.2. The first-order valence-electron chi connectivity index (χ1n) is 20.9. The van der Waals surface area contributed by atoms with E-state index in [1.165, 1.54) is 81.4 Å². The molecule has 2 heterocycles. The van der Waals surface area contributed by atoms with Crippen molar-refractivity contribution in [3.8, 4) is 67.5 Å². The molecule has 0 saturated carbocycles. The highest BCUT2D eigenvalue weighted by Crippen LogP contribution is 2.51. The average Bonchev–Trinajstić information content (AvgIpc) is 3.72. The third-order valence-electron chi connectivity index (χ3n) is 12.3. The number of allylic oxidation sites excluding steroid dienone is 4. The van der Waals surface area contributed by atoms with Gasteiger partial charge in [-0.3, -0.25) is 0 Å². The second-order valence-electron chi connectivity index (χ2n) is 15.9. The Hall–Kier alpha value is -7.53. The van der Waals surface area contributed by atoms with E-state index in [9.17, 15) is 0 Å². The second kappa shape index (κ2) is 14.6. The fraction of sp³-hybridized carbons (Fsp3) is 0.0351. The lowest BCUT2D eigenvalue weighted by Crippen LogP contribution is -2.12. The molecule has 0 radical (unpaired) electrons. The first kappa shape index (κ1) is 35.4. The number of hydrogen-bond donors (Lipinski definition) is 0. The summed E-state index contributed by atoms with van der Waals surface area (Å²) in [6.07, 6.45) is 5.87. The molecule has 10 aromatic rings. The number of benzene rings is 8. The average molecular weight is 796 g/mol. The molecule has 12 rings (SSSR count). The molecule has 0 amide bonds. The van der Waals surface area contributed by atoms with Gasteiger partial charge < -0.3 is 0 Å². The predicted octanol–water partition coefficient (Wildman–Crippen LogP) is 15.2. The van der Waals surface area contributed by atoms with Crippen LogP contribution < -0.4 is 0 Å². The summed E-state index contributed by atoms with van der Waals surface area (Å²) < 4.78 is 2.46. The summed E-state index contributed by atoms with van der Waals surface area (Å²) in [5.74, 6) is 2.38. The minimum absolute atomic E-state index is 0.381. The van der Waals surface area contributed by atoms with Gasteiger partial charge in [-0.25, -0.2) is 15.0 Å². The van der Waals surface area contributed by atoms with E-state index in [0.717, 1.165) is 23.1 Å². The van der Waals surface area contributed by atoms with E-state index in [-0.39, 0.29) is 0 Å². The molecule has 0 fully saturated rings. The fourth-order valence-corrected chi connectivity index (χ4v) is 10.4. The Morgan fingerprint density at radius 2 is 0.918 bits per heavy atom. The number of aromatic nitrogens is 3. The minimum atomic E-state index is 0.381. The normalized spacial score (nSPS) is 14.2. The Labute approximate surface area is 358 Å². The van der Waals surface area contributed by atoms with Gasteiger partial charge in [-0.15, -0.1) is 11.3 Å². The van der Waals surface area contributed by atoms with Gasteiger partial charge in [-0.1, -0.05) is 176 Å². The monoisotopic (exact) mass is 795 g/mol. The molecular weight excluding hydrogens is 759 g/mol. The van der Waals surface area contributed by atoms with Crippen LogP contribution in [0.4, 0.5) is 0 Å². The maximum atomic E-state index is 4.99. The number of rotatable bonds is 6. The Morgan fingerprint density at radius 1 is 0.377 bits per heavy atom. The SMILES string of the molecule is C1=C(c2cccc(-c3cccc(-c4ccc5sc6cc(-c7nc(-c8ccccc8)nc(-c8ccccc8)n7)ccc6c5c4)c3)c2)C=C2c3ccccc3-c3ccccc3C2C1. The van der Waals surface area contributed by atoms with E-state index in [0.29, 0.717) is 23.4 Å². The topological polar surface area (TPSA) is 38.7 Å². The molecule has 4 heteroatoms. The van der Waals surface area contributed by atoms with Crippen molar-refractivity contribution >= 4 is 42.7 Å². The van der Waals surface area contributed by atoms with Gasteiger partial charge in [0, 0.05) is 42.8 Å². The summed E-state index contributed by atoms with van der Waals surface area (Å²) in [6.45, 7) is 0. The van der Waals surface area contributed by atoms with Crippen molar-refractivity contribution in [3.63, 3.8) is 0 Å². The van der Waals surface area contributed by atoms with Crippen LogP contribution in [0.1, 0.15) is 29.0 Å². The zero-order valence-corrected chi connectivity index (χ0v) is 34.0. The van der Waals surface area contributed by atoms with Crippen LogP contribution >= 0.6 is 11.3 Å². The van der Waals surface area contributed by atoms with Crippen LogP contribution in [-0.4, -0.2) is 15.0 Å². The van der Waals surface area contributed by atoms with Crippen molar-refractivity contribution in [3.05, 3.63) is 223 Å². The Morgan fingerprint density at radius 3 is 1.62 bits per heavy atom.